The zero-order valence-electron chi connectivity index (χ0n) is 13.8. The minimum absolute atomic E-state index is 0.179. The largest absolute Gasteiger partial charge is 0.339 e. The van der Waals surface area contributed by atoms with Gasteiger partial charge in [-0.1, -0.05) is 30.3 Å². The Balaban J connectivity index is 1.77. The van der Waals surface area contributed by atoms with Gasteiger partial charge < -0.3 is 4.90 Å². The monoisotopic (exact) mass is 312 g/mol. The molecule has 1 aliphatic heterocycles. The van der Waals surface area contributed by atoms with Crippen molar-refractivity contribution in [2.24, 2.45) is 0 Å². The normalized spacial score (nSPS) is 19.8. The van der Waals surface area contributed by atoms with E-state index in [9.17, 15) is 4.79 Å². The number of hydrogen-bond donors (Lipinski definition) is 0. The number of carbonyl (C=O) groups excluding carboxylic acids is 1. The van der Waals surface area contributed by atoms with E-state index in [2.05, 4.69) is 5.10 Å². The van der Waals surface area contributed by atoms with Gasteiger partial charge in [-0.3, -0.25) is 14.4 Å². The molecule has 0 radical (unpaired) electrons. The van der Waals surface area contributed by atoms with E-state index in [4.69, 9.17) is 0 Å². The SMILES string of the molecule is CN(C)[C@@H](C(=O)N1CCC[C@@H](n2cccn2)C1)c1ccccc1. The number of likely N-dealkylation sites (N-methyl/N-ethyl adjacent to an activating group) is 1. The first-order valence-electron chi connectivity index (χ1n) is 8.16. The van der Waals surface area contributed by atoms with Gasteiger partial charge in [0.15, 0.2) is 0 Å². The van der Waals surface area contributed by atoms with Crippen molar-refractivity contribution in [1.29, 1.82) is 0 Å². The molecule has 0 N–H and O–H groups in total. The number of aromatic nitrogens is 2. The van der Waals surface area contributed by atoms with Crippen molar-refractivity contribution >= 4 is 5.91 Å². The minimum Gasteiger partial charge on any atom is -0.339 e. The highest BCUT2D eigenvalue weighted by molar-refractivity contribution is 5.83. The van der Waals surface area contributed by atoms with Crippen molar-refractivity contribution in [2.45, 2.75) is 24.9 Å². The highest BCUT2D eigenvalue weighted by atomic mass is 16.2. The lowest BCUT2D eigenvalue weighted by atomic mass is 10.0. The van der Waals surface area contributed by atoms with Gasteiger partial charge in [0.2, 0.25) is 5.91 Å². The lowest BCUT2D eigenvalue weighted by Crippen LogP contribution is -2.46. The number of rotatable bonds is 4. The van der Waals surface area contributed by atoms with Crippen LogP contribution in [0.3, 0.4) is 0 Å². The summed E-state index contributed by atoms with van der Waals surface area (Å²) in [6.45, 7) is 1.56. The van der Waals surface area contributed by atoms with Crippen LogP contribution < -0.4 is 0 Å². The summed E-state index contributed by atoms with van der Waals surface area (Å²) in [5, 5.41) is 4.34. The molecule has 1 amide bonds. The topological polar surface area (TPSA) is 41.4 Å². The third-order valence-corrected chi connectivity index (χ3v) is 4.47. The maximum absolute atomic E-state index is 13.1. The van der Waals surface area contributed by atoms with Crippen LogP contribution in [0.5, 0.6) is 0 Å². The average molecular weight is 312 g/mol. The fraction of sp³-hybridized carbons (Fsp3) is 0.444. The van der Waals surface area contributed by atoms with Crippen LogP contribution in [0.15, 0.2) is 48.8 Å². The Morgan fingerprint density at radius 3 is 2.70 bits per heavy atom. The molecule has 3 rings (SSSR count). The average Bonchev–Trinajstić information content (AvgIpc) is 3.10. The van der Waals surface area contributed by atoms with Gasteiger partial charge in [0.1, 0.15) is 6.04 Å². The molecule has 122 valence electrons. The molecule has 5 heteroatoms. The van der Waals surface area contributed by atoms with Crippen LogP contribution in [0.1, 0.15) is 30.5 Å². The molecule has 2 heterocycles. The molecule has 2 aromatic rings. The smallest absolute Gasteiger partial charge is 0.244 e. The van der Waals surface area contributed by atoms with E-state index in [-0.39, 0.29) is 18.0 Å². The molecule has 2 atom stereocenters. The molecule has 1 aromatic carbocycles. The molecule has 0 unspecified atom stereocenters. The van der Waals surface area contributed by atoms with Gasteiger partial charge in [-0.05, 0) is 38.6 Å². The number of amides is 1. The van der Waals surface area contributed by atoms with Gasteiger partial charge in [0.05, 0.1) is 6.04 Å². The highest BCUT2D eigenvalue weighted by Gasteiger charge is 2.31. The number of benzene rings is 1. The van der Waals surface area contributed by atoms with Crippen LogP contribution in [0, 0.1) is 0 Å². The second-order valence-electron chi connectivity index (χ2n) is 6.34. The van der Waals surface area contributed by atoms with Gasteiger partial charge >= 0.3 is 0 Å². The summed E-state index contributed by atoms with van der Waals surface area (Å²) in [4.78, 5) is 17.1. The van der Waals surface area contributed by atoms with E-state index >= 15 is 0 Å². The fourth-order valence-corrected chi connectivity index (χ4v) is 3.34. The second kappa shape index (κ2) is 6.96. The van der Waals surface area contributed by atoms with Crippen LogP contribution in [-0.4, -0.2) is 52.7 Å². The maximum atomic E-state index is 13.1. The van der Waals surface area contributed by atoms with Gasteiger partial charge in [0, 0.05) is 25.5 Å². The van der Waals surface area contributed by atoms with Crippen molar-refractivity contribution in [1.82, 2.24) is 19.6 Å². The molecule has 0 bridgehead atoms. The Bertz CT molecular complexity index is 624. The Morgan fingerprint density at radius 1 is 1.26 bits per heavy atom. The van der Waals surface area contributed by atoms with Gasteiger partial charge in [-0.2, -0.15) is 5.10 Å². The van der Waals surface area contributed by atoms with Crippen LogP contribution in [0.4, 0.5) is 0 Å². The van der Waals surface area contributed by atoms with E-state index < -0.39 is 0 Å². The van der Waals surface area contributed by atoms with Crippen LogP contribution in [0.25, 0.3) is 0 Å². The lowest BCUT2D eigenvalue weighted by molar-refractivity contribution is -0.138. The minimum atomic E-state index is -0.229. The lowest BCUT2D eigenvalue weighted by Gasteiger charge is -2.36. The zero-order valence-corrected chi connectivity index (χ0v) is 13.8. The predicted octanol–water partition coefficient (Wildman–Crippen LogP) is 2.35. The van der Waals surface area contributed by atoms with Gasteiger partial charge in [0.25, 0.3) is 0 Å². The van der Waals surface area contributed by atoms with Crippen LogP contribution in [-0.2, 0) is 4.79 Å². The summed E-state index contributed by atoms with van der Waals surface area (Å²) >= 11 is 0. The molecular formula is C18H24N4O. The molecule has 23 heavy (non-hydrogen) atoms. The molecule has 1 saturated heterocycles. The van der Waals surface area contributed by atoms with E-state index in [1.54, 1.807) is 6.20 Å². The van der Waals surface area contributed by atoms with E-state index in [0.29, 0.717) is 0 Å². The third kappa shape index (κ3) is 3.45. The summed E-state index contributed by atoms with van der Waals surface area (Å²) in [5.41, 5.74) is 1.05. The molecular weight excluding hydrogens is 288 g/mol. The maximum Gasteiger partial charge on any atom is 0.244 e. The number of piperidine rings is 1. The van der Waals surface area contributed by atoms with Crippen molar-refractivity contribution in [3.63, 3.8) is 0 Å². The fourth-order valence-electron chi connectivity index (χ4n) is 3.34. The van der Waals surface area contributed by atoms with Crippen LogP contribution in [0.2, 0.25) is 0 Å². The molecule has 5 nitrogen and oxygen atoms in total. The number of carbonyl (C=O) groups is 1. The van der Waals surface area contributed by atoms with E-state index in [1.165, 1.54) is 0 Å². The first-order valence-corrected chi connectivity index (χ1v) is 8.16. The quantitative estimate of drug-likeness (QED) is 0.870. The van der Waals surface area contributed by atoms with Crippen molar-refractivity contribution < 1.29 is 4.79 Å². The first kappa shape index (κ1) is 15.7. The van der Waals surface area contributed by atoms with Gasteiger partial charge in [-0.15, -0.1) is 0 Å². The zero-order chi connectivity index (χ0) is 16.2. The first-order chi connectivity index (χ1) is 11.2. The van der Waals surface area contributed by atoms with Crippen molar-refractivity contribution in [2.75, 3.05) is 27.2 Å². The molecule has 0 spiro atoms. The summed E-state index contributed by atoms with van der Waals surface area (Å²) < 4.78 is 1.98. The molecule has 0 saturated carbocycles. The summed E-state index contributed by atoms with van der Waals surface area (Å²) in [6, 6.07) is 12.0. The van der Waals surface area contributed by atoms with Crippen molar-refractivity contribution in [3.05, 3.63) is 54.4 Å². The van der Waals surface area contributed by atoms with E-state index in [1.807, 2.05) is 71.2 Å². The third-order valence-electron chi connectivity index (χ3n) is 4.47. The highest BCUT2D eigenvalue weighted by Crippen LogP contribution is 2.26. The van der Waals surface area contributed by atoms with Gasteiger partial charge in [-0.25, -0.2) is 0 Å². The second-order valence-corrected chi connectivity index (χ2v) is 6.34. The Morgan fingerprint density at radius 2 is 2.04 bits per heavy atom. The van der Waals surface area contributed by atoms with E-state index in [0.717, 1.165) is 31.5 Å². The summed E-state index contributed by atoms with van der Waals surface area (Å²) in [6.07, 6.45) is 5.88. The summed E-state index contributed by atoms with van der Waals surface area (Å²) in [5.74, 6) is 0.179. The Labute approximate surface area is 137 Å². The molecule has 0 aliphatic carbocycles. The summed E-state index contributed by atoms with van der Waals surface area (Å²) in [7, 11) is 3.93. The predicted molar refractivity (Wildman–Crippen MR) is 89.9 cm³/mol. The molecule has 1 aliphatic rings. The standard InChI is InChI=1S/C18H24N4O/c1-20(2)17(15-8-4-3-5-9-15)18(23)21-12-6-10-16(14-21)22-13-7-11-19-22/h3-5,7-9,11,13,16-17H,6,10,12,14H2,1-2H3/t16-,17-/m1/s1. The number of likely N-dealkylation sites (tertiary alicyclic amines) is 1. The van der Waals surface area contributed by atoms with Crippen LogP contribution >= 0.6 is 0 Å². The molecule has 1 fully saturated rings. The molecule has 1 aromatic heterocycles. The number of nitrogens with zero attached hydrogens (tertiary/aromatic N) is 4. The Kier molecular flexibility index (Phi) is 4.76. The number of hydrogen-bond acceptors (Lipinski definition) is 3. The van der Waals surface area contributed by atoms with Crippen molar-refractivity contribution in [3.8, 4) is 0 Å². The Hall–Kier alpha value is -2.14.